The fraction of sp³-hybridized carbons (Fsp3) is 0.265. The largest absolute Gasteiger partial charge is 0.489 e. The van der Waals surface area contributed by atoms with E-state index in [-0.39, 0.29) is 18.1 Å². The van der Waals surface area contributed by atoms with Crippen molar-refractivity contribution in [1.29, 1.82) is 0 Å². The molecule has 0 aliphatic carbocycles. The van der Waals surface area contributed by atoms with Gasteiger partial charge in [-0.1, -0.05) is 84.7 Å². The van der Waals surface area contributed by atoms with Gasteiger partial charge in [0.2, 0.25) is 0 Å². The Morgan fingerprint density at radius 3 is 2.40 bits per heavy atom. The van der Waals surface area contributed by atoms with Crippen LogP contribution in [-0.4, -0.2) is 25.7 Å². The average Bonchev–Trinajstić information content (AvgIpc) is 3.03. The molecule has 0 unspecified atom stereocenters. The third kappa shape index (κ3) is 7.37. The van der Waals surface area contributed by atoms with Gasteiger partial charge in [-0.15, -0.1) is 0 Å². The molecule has 0 amide bonds. The highest BCUT2D eigenvalue weighted by atomic mass is 35.5. The second-order valence-corrected chi connectivity index (χ2v) is 10.9. The van der Waals surface area contributed by atoms with Crippen LogP contribution in [0.2, 0.25) is 10.0 Å². The molecular formula is C34H33Cl2NO5. The van der Waals surface area contributed by atoms with Crippen LogP contribution in [0.25, 0.3) is 0 Å². The summed E-state index contributed by atoms with van der Waals surface area (Å²) >= 11 is 12.1. The number of rotatable bonds is 11. The minimum Gasteiger partial charge on any atom is -0.489 e. The SMILES string of the molecule is CC[C@H](N[C@@H](Cc1ccc2c(c1)OC[C@H](c1ccc(OCc3ccc(Cl)c(Cl)c3)cc1)O2)C(=O)OC)c1ccccc1. The Hall–Kier alpha value is -3.71. The summed E-state index contributed by atoms with van der Waals surface area (Å²) < 4.78 is 23.4. The molecule has 4 aromatic rings. The molecule has 0 fully saturated rings. The number of carbonyl (C=O) groups excluding carboxylic acids is 1. The van der Waals surface area contributed by atoms with Crippen LogP contribution in [-0.2, 0) is 22.6 Å². The van der Waals surface area contributed by atoms with Crippen molar-refractivity contribution in [1.82, 2.24) is 5.32 Å². The van der Waals surface area contributed by atoms with Crippen molar-refractivity contribution in [3.63, 3.8) is 0 Å². The molecule has 0 saturated carbocycles. The number of methoxy groups -OCH3 is 1. The Balaban J connectivity index is 1.20. The number of halogens is 2. The summed E-state index contributed by atoms with van der Waals surface area (Å²) in [6.45, 7) is 2.84. The van der Waals surface area contributed by atoms with Gasteiger partial charge in [-0.25, -0.2) is 0 Å². The predicted molar refractivity (Wildman–Crippen MR) is 165 cm³/mol. The lowest BCUT2D eigenvalue weighted by Gasteiger charge is -2.28. The van der Waals surface area contributed by atoms with Crippen molar-refractivity contribution >= 4 is 29.2 Å². The van der Waals surface area contributed by atoms with Gasteiger partial charge in [0.05, 0.1) is 17.2 Å². The number of hydrogen-bond donors (Lipinski definition) is 1. The van der Waals surface area contributed by atoms with Crippen LogP contribution < -0.4 is 19.5 Å². The number of ether oxygens (including phenoxy) is 4. The zero-order chi connectivity index (χ0) is 29.5. The maximum atomic E-state index is 12.7. The molecule has 1 heterocycles. The Morgan fingerprint density at radius 1 is 0.929 bits per heavy atom. The molecule has 4 aromatic carbocycles. The molecule has 0 saturated heterocycles. The third-order valence-electron chi connectivity index (χ3n) is 7.25. The van der Waals surface area contributed by atoms with Crippen LogP contribution >= 0.6 is 23.2 Å². The Morgan fingerprint density at radius 2 is 1.69 bits per heavy atom. The van der Waals surface area contributed by atoms with Gasteiger partial charge >= 0.3 is 5.97 Å². The molecule has 3 atom stereocenters. The van der Waals surface area contributed by atoms with E-state index in [1.807, 2.05) is 66.7 Å². The zero-order valence-corrected chi connectivity index (χ0v) is 25.0. The van der Waals surface area contributed by atoms with Crippen molar-refractivity contribution in [2.24, 2.45) is 0 Å². The summed E-state index contributed by atoms with van der Waals surface area (Å²) in [6, 6.07) is 28.6. The van der Waals surface area contributed by atoms with E-state index in [1.54, 1.807) is 12.1 Å². The van der Waals surface area contributed by atoms with Crippen LogP contribution in [0.5, 0.6) is 17.2 Å². The van der Waals surface area contributed by atoms with Gasteiger partial charge in [-0.2, -0.15) is 0 Å². The van der Waals surface area contributed by atoms with Gasteiger partial charge < -0.3 is 18.9 Å². The highest BCUT2D eigenvalue weighted by Crippen LogP contribution is 2.37. The molecule has 0 radical (unpaired) electrons. The molecule has 6 nitrogen and oxygen atoms in total. The number of nitrogens with one attached hydrogen (secondary N) is 1. The molecule has 42 heavy (non-hydrogen) atoms. The first-order valence-corrected chi connectivity index (χ1v) is 14.7. The molecule has 218 valence electrons. The number of hydrogen-bond acceptors (Lipinski definition) is 6. The summed E-state index contributed by atoms with van der Waals surface area (Å²) in [7, 11) is 1.42. The molecule has 1 aliphatic rings. The third-order valence-corrected chi connectivity index (χ3v) is 7.99. The van der Waals surface area contributed by atoms with Gasteiger partial charge in [-0.3, -0.25) is 10.1 Å². The highest BCUT2D eigenvalue weighted by molar-refractivity contribution is 6.42. The van der Waals surface area contributed by atoms with E-state index in [1.165, 1.54) is 7.11 Å². The van der Waals surface area contributed by atoms with Crippen molar-refractivity contribution in [3.05, 3.63) is 123 Å². The Kier molecular flexibility index (Phi) is 9.90. The van der Waals surface area contributed by atoms with Crippen molar-refractivity contribution in [2.75, 3.05) is 13.7 Å². The minimum atomic E-state index is -0.507. The molecule has 0 bridgehead atoms. The lowest BCUT2D eigenvalue weighted by Crippen LogP contribution is -2.41. The molecule has 0 aromatic heterocycles. The second kappa shape index (κ2) is 14.0. The lowest BCUT2D eigenvalue weighted by atomic mass is 10.00. The van der Waals surface area contributed by atoms with E-state index < -0.39 is 6.04 Å². The van der Waals surface area contributed by atoms with E-state index in [4.69, 9.17) is 42.1 Å². The number of fused-ring (bicyclic) bond motifs is 1. The van der Waals surface area contributed by atoms with E-state index >= 15 is 0 Å². The molecule has 1 N–H and O–H groups in total. The topological polar surface area (TPSA) is 66.0 Å². The van der Waals surface area contributed by atoms with Crippen LogP contribution in [0.4, 0.5) is 0 Å². The van der Waals surface area contributed by atoms with Crippen LogP contribution in [0.15, 0.2) is 91.0 Å². The van der Waals surface area contributed by atoms with Crippen LogP contribution in [0, 0.1) is 0 Å². The summed E-state index contributed by atoms with van der Waals surface area (Å²) in [6.07, 6.45) is 1.04. The maximum absolute atomic E-state index is 12.7. The van der Waals surface area contributed by atoms with Crippen molar-refractivity contribution < 1.29 is 23.7 Å². The minimum absolute atomic E-state index is 0.0287. The normalized spacial score (nSPS) is 15.5. The molecule has 0 spiro atoms. The summed E-state index contributed by atoms with van der Waals surface area (Å²) in [5.41, 5.74) is 4.00. The average molecular weight is 607 g/mol. The molecule has 1 aliphatic heterocycles. The quantitative estimate of drug-likeness (QED) is 0.175. The summed E-state index contributed by atoms with van der Waals surface area (Å²) in [5, 5.41) is 4.51. The number of benzene rings is 4. The Bertz CT molecular complexity index is 1500. The van der Waals surface area contributed by atoms with Gasteiger partial charge in [0.1, 0.15) is 25.0 Å². The van der Waals surface area contributed by atoms with Gasteiger partial charge in [0.25, 0.3) is 0 Å². The second-order valence-electron chi connectivity index (χ2n) is 10.1. The molecular weight excluding hydrogens is 573 g/mol. The van der Waals surface area contributed by atoms with Crippen molar-refractivity contribution in [3.8, 4) is 17.2 Å². The smallest absolute Gasteiger partial charge is 0.323 e. The van der Waals surface area contributed by atoms with E-state index in [2.05, 4.69) is 24.4 Å². The predicted octanol–water partition coefficient (Wildman–Crippen LogP) is 7.91. The van der Waals surface area contributed by atoms with Gasteiger partial charge in [-0.05, 0) is 71.5 Å². The van der Waals surface area contributed by atoms with E-state index in [0.29, 0.717) is 41.2 Å². The lowest BCUT2D eigenvalue weighted by molar-refractivity contribution is -0.143. The van der Waals surface area contributed by atoms with E-state index in [0.717, 1.165) is 34.4 Å². The van der Waals surface area contributed by atoms with Gasteiger partial charge in [0.15, 0.2) is 17.6 Å². The van der Waals surface area contributed by atoms with Crippen LogP contribution in [0.3, 0.4) is 0 Å². The fourth-order valence-corrected chi connectivity index (χ4v) is 5.27. The number of esters is 1. The first-order valence-electron chi connectivity index (χ1n) is 13.9. The van der Waals surface area contributed by atoms with E-state index in [9.17, 15) is 4.79 Å². The highest BCUT2D eigenvalue weighted by Gasteiger charge is 2.26. The number of carbonyl (C=O) groups is 1. The van der Waals surface area contributed by atoms with Crippen LogP contribution in [0.1, 0.15) is 47.7 Å². The summed E-state index contributed by atoms with van der Waals surface area (Å²) in [4.78, 5) is 12.7. The van der Waals surface area contributed by atoms with Gasteiger partial charge in [0, 0.05) is 6.04 Å². The first-order chi connectivity index (χ1) is 20.4. The zero-order valence-electron chi connectivity index (χ0n) is 23.5. The monoisotopic (exact) mass is 605 g/mol. The Labute approximate surface area is 256 Å². The standard InChI is InChI=1S/C34H33Cl2NO5/c1-3-29(24-7-5-4-6-8-24)37-30(34(38)39-2)18-22-10-16-31-32(19-22)41-21-33(42-31)25-11-13-26(14-12-25)40-20-23-9-15-27(35)28(36)17-23/h4-17,19,29-30,33,37H,3,18,20-21H2,1-2H3/t29-,30-,33+/m0/s1. The molecule has 8 heteroatoms. The maximum Gasteiger partial charge on any atom is 0.323 e. The molecule has 5 rings (SSSR count). The summed E-state index contributed by atoms with van der Waals surface area (Å²) in [5.74, 6) is 1.75. The first kappa shape index (κ1) is 29.8. The fourth-order valence-electron chi connectivity index (χ4n) is 4.95. The van der Waals surface area contributed by atoms with Crippen molar-refractivity contribution in [2.45, 2.75) is 44.6 Å².